The Kier molecular flexibility index (Phi) is 4.55. The summed E-state index contributed by atoms with van der Waals surface area (Å²) in [5.74, 6) is 0.124. The van der Waals surface area contributed by atoms with Gasteiger partial charge in [0.1, 0.15) is 12.4 Å². The maximum absolute atomic E-state index is 11.9. The fourth-order valence-corrected chi connectivity index (χ4v) is 2.29. The first-order valence-electron chi connectivity index (χ1n) is 6.63. The van der Waals surface area contributed by atoms with Crippen LogP contribution < -0.4 is 0 Å². The van der Waals surface area contributed by atoms with Crippen molar-refractivity contribution in [1.82, 2.24) is 4.90 Å². The van der Waals surface area contributed by atoms with Gasteiger partial charge in [0.15, 0.2) is 0 Å². The van der Waals surface area contributed by atoms with E-state index in [9.17, 15) is 9.59 Å². The van der Waals surface area contributed by atoms with Crippen LogP contribution in [-0.2, 0) is 16.1 Å². The van der Waals surface area contributed by atoms with Crippen molar-refractivity contribution in [3.63, 3.8) is 0 Å². The van der Waals surface area contributed by atoms with Gasteiger partial charge in [-0.2, -0.15) is 0 Å². The van der Waals surface area contributed by atoms with Crippen molar-refractivity contribution < 1.29 is 14.3 Å². The van der Waals surface area contributed by atoms with E-state index in [1.54, 1.807) is 11.8 Å². The van der Waals surface area contributed by atoms with Gasteiger partial charge < -0.3 is 9.64 Å². The highest BCUT2D eigenvalue weighted by Crippen LogP contribution is 2.18. The van der Waals surface area contributed by atoms with Gasteiger partial charge >= 0.3 is 6.09 Å². The standard InChI is InChI=1S/C15H19NO3/c1-12(17)14-8-5-9-16(10-14)15(18)19-11-13-6-3-2-4-7-13/h2-4,6-7,14H,5,8-11H2,1H3. The van der Waals surface area contributed by atoms with Crippen molar-refractivity contribution in [2.75, 3.05) is 13.1 Å². The second-order valence-electron chi connectivity index (χ2n) is 4.94. The molecular formula is C15H19NO3. The molecule has 1 saturated heterocycles. The average Bonchev–Trinajstić information content (AvgIpc) is 2.46. The molecule has 0 radical (unpaired) electrons. The van der Waals surface area contributed by atoms with Gasteiger partial charge in [-0.15, -0.1) is 0 Å². The lowest BCUT2D eigenvalue weighted by Gasteiger charge is -2.30. The Labute approximate surface area is 113 Å². The van der Waals surface area contributed by atoms with Crippen LogP contribution in [0, 0.1) is 5.92 Å². The first kappa shape index (κ1) is 13.6. The predicted molar refractivity (Wildman–Crippen MR) is 71.6 cm³/mol. The molecule has 1 aromatic rings. The van der Waals surface area contributed by atoms with Crippen molar-refractivity contribution >= 4 is 11.9 Å². The van der Waals surface area contributed by atoms with Crippen molar-refractivity contribution in [2.45, 2.75) is 26.4 Å². The van der Waals surface area contributed by atoms with Crippen LogP contribution >= 0.6 is 0 Å². The van der Waals surface area contributed by atoms with Gasteiger partial charge in [-0.25, -0.2) is 4.79 Å². The Bertz CT molecular complexity index is 444. The molecule has 0 aromatic heterocycles. The number of piperidine rings is 1. The molecule has 1 fully saturated rings. The highest BCUT2D eigenvalue weighted by atomic mass is 16.6. The minimum atomic E-state index is -0.324. The maximum Gasteiger partial charge on any atom is 0.410 e. The molecule has 0 spiro atoms. The molecule has 1 amide bonds. The topological polar surface area (TPSA) is 46.6 Å². The van der Waals surface area contributed by atoms with Crippen LogP contribution in [-0.4, -0.2) is 29.9 Å². The summed E-state index contributed by atoms with van der Waals surface area (Å²) < 4.78 is 5.27. The minimum absolute atomic E-state index is 0.0296. The van der Waals surface area contributed by atoms with Crippen LogP contribution in [0.15, 0.2) is 30.3 Å². The van der Waals surface area contributed by atoms with Crippen molar-refractivity contribution in [3.8, 4) is 0 Å². The molecule has 0 N–H and O–H groups in total. The summed E-state index contributed by atoms with van der Waals surface area (Å²) in [6, 6.07) is 9.59. The monoisotopic (exact) mass is 261 g/mol. The van der Waals surface area contributed by atoms with E-state index in [1.165, 1.54) is 0 Å². The lowest BCUT2D eigenvalue weighted by Crippen LogP contribution is -2.42. The Morgan fingerprint density at radius 1 is 1.32 bits per heavy atom. The first-order chi connectivity index (χ1) is 9.16. The number of rotatable bonds is 3. The number of amides is 1. The number of nitrogens with zero attached hydrogens (tertiary/aromatic N) is 1. The summed E-state index contributed by atoms with van der Waals surface area (Å²) >= 11 is 0. The second-order valence-corrected chi connectivity index (χ2v) is 4.94. The number of ether oxygens (including phenoxy) is 1. The third kappa shape index (κ3) is 3.81. The van der Waals surface area contributed by atoms with Crippen molar-refractivity contribution in [3.05, 3.63) is 35.9 Å². The quantitative estimate of drug-likeness (QED) is 0.840. The Hall–Kier alpha value is -1.84. The van der Waals surface area contributed by atoms with Crippen LogP contribution in [0.3, 0.4) is 0 Å². The molecule has 1 atom stereocenters. The number of Topliss-reactive ketones (excluding diaryl/α,β-unsaturated/α-hetero) is 1. The Morgan fingerprint density at radius 2 is 2.05 bits per heavy atom. The van der Waals surface area contributed by atoms with E-state index in [0.717, 1.165) is 18.4 Å². The number of hydrogen-bond acceptors (Lipinski definition) is 3. The van der Waals surface area contributed by atoms with E-state index in [-0.39, 0.29) is 24.4 Å². The van der Waals surface area contributed by atoms with Crippen LogP contribution in [0.25, 0.3) is 0 Å². The van der Waals surface area contributed by atoms with Crippen LogP contribution in [0.2, 0.25) is 0 Å². The largest absolute Gasteiger partial charge is 0.445 e. The summed E-state index contributed by atoms with van der Waals surface area (Å²) in [5.41, 5.74) is 0.968. The van der Waals surface area contributed by atoms with E-state index in [4.69, 9.17) is 4.74 Å². The third-order valence-corrected chi connectivity index (χ3v) is 3.46. The molecule has 19 heavy (non-hydrogen) atoms. The first-order valence-corrected chi connectivity index (χ1v) is 6.63. The normalized spacial score (nSPS) is 19.0. The van der Waals surface area contributed by atoms with Gasteiger partial charge in [0.2, 0.25) is 0 Å². The molecule has 1 aromatic carbocycles. The van der Waals surface area contributed by atoms with Gasteiger partial charge in [-0.05, 0) is 25.3 Å². The van der Waals surface area contributed by atoms with Crippen LogP contribution in [0.5, 0.6) is 0 Å². The Balaban J connectivity index is 1.84. The smallest absolute Gasteiger partial charge is 0.410 e. The van der Waals surface area contributed by atoms with E-state index in [0.29, 0.717) is 13.1 Å². The summed E-state index contributed by atoms with van der Waals surface area (Å²) in [6.07, 6.45) is 1.41. The van der Waals surface area contributed by atoms with E-state index in [1.807, 2.05) is 30.3 Å². The fraction of sp³-hybridized carbons (Fsp3) is 0.467. The molecule has 4 nitrogen and oxygen atoms in total. The van der Waals surface area contributed by atoms with E-state index < -0.39 is 0 Å². The molecular weight excluding hydrogens is 242 g/mol. The average molecular weight is 261 g/mol. The van der Waals surface area contributed by atoms with E-state index in [2.05, 4.69) is 0 Å². The summed E-state index contributed by atoms with van der Waals surface area (Å²) in [5, 5.41) is 0. The van der Waals surface area contributed by atoms with Crippen LogP contribution in [0.1, 0.15) is 25.3 Å². The number of likely N-dealkylation sites (tertiary alicyclic amines) is 1. The third-order valence-electron chi connectivity index (χ3n) is 3.46. The number of carbonyl (C=O) groups excluding carboxylic acids is 2. The highest BCUT2D eigenvalue weighted by Gasteiger charge is 2.26. The zero-order valence-electron chi connectivity index (χ0n) is 11.2. The maximum atomic E-state index is 11.9. The summed E-state index contributed by atoms with van der Waals surface area (Å²) in [7, 11) is 0. The van der Waals surface area contributed by atoms with Gasteiger partial charge in [-0.3, -0.25) is 4.79 Å². The predicted octanol–water partition coefficient (Wildman–Crippen LogP) is 2.62. The lowest BCUT2D eigenvalue weighted by atomic mass is 9.95. The molecule has 1 aliphatic heterocycles. The van der Waals surface area contributed by atoms with Crippen molar-refractivity contribution in [2.24, 2.45) is 5.92 Å². The molecule has 2 rings (SSSR count). The second kappa shape index (κ2) is 6.36. The number of carbonyl (C=O) groups is 2. The molecule has 1 aliphatic rings. The van der Waals surface area contributed by atoms with Gasteiger partial charge in [-0.1, -0.05) is 30.3 Å². The highest BCUT2D eigenvalue weighted by molar-refractivity contribution is 5.79. The van der Waals surface area contributed by atoms with Gasteiger partial charge in [0, 0.05) is 19.0 Å². The summed E-state index contributed by atoms with van der Waals surface area (Å²) in [4.78, 5) is 24.9. The lowest BCUT2D eigenvalue weighted by molar-refractivity contribution is -0.122. The fourth-order valence-electron chi connectivity index (χ4n) is 2.29. The Morgan fingerprint density at radius 3 is 2.74 bits per heavy atom. The molecule has 4 heteroatoms. The molecule has 0 aliphatic carbocycles. The molecule has 0 bridgehead atoms. The minimum Gasteiger partial charge on any atom is -0.445 e. The molecule has 1 unspecified atom stereocenters. The SMILES string of the molecule is CC(=O)C1CCCN(C(=O)OCc2ccccc2)C1. The number of ketones is 1. The van der Waals surface area contributed by atoms with Gasteiger partial charge in [0.25, 0.3) is 0 Å². The molecule has 0 saturated carbocycles. The van der Waals surface area contributed by atoms with Crippen LogP contribution in [0.4, 0.5) is 4.79 Å². The molecule has 102 valence electrons. The molecule has 1 heterocycles. The van der Waals surface area contributed by atoms with E-state index >= 15 is 0 Å². The van der Waals surface area contributed by atoms with Gasteiger partial charge in [0.05, 0.1) is 0 Å². The van der Waals surface area contributed by atoms with Crippen molar-refractivity contribution in [1.29, 1.82) is 0 Å². The zero-order valence-corrected chi connectivity index (χ0v) is 11.2. The number of benzene rings is 1. The number of hydrogen-bond donors (Lipinski definition) is 0. The zero-order chi connectivity index (χ0) is 13.7. The summed E-state index contributed by atoms with van der Waals surface area (Å²) in [6.45, 7) is 3.03.